The lowest BCUT2D eigenvalue weighted by Gasteiger charge is -2.07. The minimum atomic E-state index is -1.11. The molecule has 0 aliphatic heterocycles. The summed E-state index contributed by atoms with van der Waals surface area (Å²) in [5.74, 6) is 0.527. The Kier molecular flexibility index (Phi) is 10.2. The van der Waals surface area contributed by atoms with E-state index in [2.05, 4.69) is 10.3 Å². The monoisotopic (exact) mass is 508 g/mol. The van der Waals surface area contributed by atoms with Crippen molar-refractivity contribution in [3.05, 3.63) is 94.9 Å². The van der Waals surface area contributed by atoms with E-state index in [0.717, 1.165) is 23.4 Å². The molecule has 0 aliphatic carbocycles. The summed E-state index contributed by atoms with van der Waals surface area (Å²) < 4.78 is 21.2. The number of hydrogen-bond donors (Lipinski definition) is 1. The van der Waals surface area contributed by atoms with Crippen molar-refractivity contribution in [3.63, 3.8) is 0 Å². The van der Waals surface area contributed by atoms with Crippen LogP contribution in [-0.4, -0.2) is 59.4 Å². The summed E-state index contributed by atoms with van der Waals surface area (Å²) >= 11 is 0. The van der Waals surface area contributed by atoms with Crippen LogP contribution in [0.15, 0.2) is 75.8 Å². The highest BCUT2D eigenvalue weighted by Crippen LogP contribution is 2.23. The number of aromatic nitrogens is 2. The second kappa shape index (κ2) is 13.8. The highest BCUT2D eigenvalue weighted by Gasteiger charge is 2.24. The van der Waals surface area contributed by atoms with Crippen molar-refractivity contribution in [1.82, 2.24) is 20.1 Å². The molecule has 2 aromatic carbocycles. The van der Waals surface area contributed by atoms with Crippen molar-refractivity contribution in [2.75, 3.05) is 28.2 Å². The van der Waals surface area contributed by atoms with Gasteiger partial charge in [0.15, 0.2) is 17.1 Å². The number of carbonyl (C=O) groups is 1. The molecule has 0 saturated heterocycles. The Balaban J connectivity index is 0.000000208. The average Bonchev–Trinajstić information content (AvgIpc) is 3.49. The molecule has 0 aliphatic rings. The molecule has 10 heteroatoms. The Morgan fingerprint density at radius 2 is 1.38 bits per heavy atom. The van der Waals surface area contributed by atoms with Gasteiger partial charge < -0.3 is 33.4 Å². The summed E-state index contributed by atoms with van der Waals surface area (Å²) in [5, 5.41) is 16.8. The zero-order valence-corrected chi connectivity index (χ0v) is 21.5. The van der Waals surface area contributed by atoms with Gasteiger partial charge >= 0.3 is 5.97 Å². The largest absolute Gasteiger partial charge is 0.477 e. The van der Waals surface area contributed by atoms with Crippen LogP contribution < -0.4 is 9.47 Å². The Labute approximate surface area is 216 Å². The second-order valence-electron chi connectivity index (χ2n) is 8.75. The van der Waals surface area contributed by atoms with Crippen LogP contribution in [0.3, 0.4) is 0 Å². The van der Waals surface area contributed by atoms with Crippen LogP contribution in [0.1, 0.15) is 33.0 Å². The normalized spacial score (nSPS) is 10.8. The Bertz CT molecular complexity index is 1220. The third kappa shape index (κ3) is 9.10. The van der Waals surface area contributed by atoms with Gasteiger partial charge in [-0.1, -0.05) is 60.7 Å². The van der Waals surface area contributed by atoms with E-state index in [9.17, 15) is 9.90 Å². The third-order valence-electron chi connectivity index (χ3n) is 4.86. The van der Waals surface area contributed by atoms with Gasteiger partial charge in [0, 0.05) is 6.07 Å². The average molecular weight is 509 g/mol. The number of nitrogens with zero attached hydrogens (tertiary/aromatic N) is 4. The maximum Gasteiger partial charge on any atom is 0.345 e. The van der Waals surface area contributed by atoms with Crippen LogP contribution in [0.4, 0.5) is 0 Å². The topological polar surface area (TPSA) is 114 Å². The number of carboxylic acids is 1. The van der Waals surface area contributed by atoms with E-state index >= 15 is 0 Å². The zero-order chi connectivity index (χ0) is 26.6. The first kappa shape index (κ1) is 27.4. The summed E-state index contributed by atoms with van der Waals surface area (Å²) in [6, 6.07) is 21.3. The van der Waals surface area contributed by atoms with Crippen molar-refractivity contribution in [2.24, 2.45) is 0 Å². The summed E-state index contributed by atoms with van der Waals surface area (Å²) in [5.41, 5.74) is 2.03. The van der Waals surface area contributed by atoms with Crippen molar-refractivity contribution < 1.29 is 28.4 Å². The van der Waals surface area contributed by atoms with E-state index in [4.69, 9.17) is 18.5 Å². The molecule has 0 saturated carbocycles. The molecule has 0 amide bonds. The molecule has 37 heavy (non-hydrogen) atoms. The number of aromatic carboxylic acids is 1. The minimum absolute atomic E-state index is 0.0122. The van der Waals surface area contributed by atoms with E-state index in [-0.39, 0.29) is 23.8 Å². The fourth-order valence-electron chi connectivity index (χ4n) is 3.22. The highest BCUT2D eigenvalue weighted by molar-refractivity contribution is 5.91. The minimum Gasteiger partial charge on any atom is -0.477 e. The molecular formula is C27H32N4O6. The summed E-state index contributed by atoms with van der Waals surface area (Å²) in [6.07, 6.45) is 0. The van der Waals surface area contributed by atoms with Gasteiger partial charge in [-0.05, 0) is 49.6 Å². The van der Waals surface area contributed by atoms with Gasteiger partial charge in [0.2, 0.25) is 0 Å². The van der Waals surface area contributed by atoms with E-state index in [1.54, 1.807) is 4.90 Å². The molecule has 4 aromatic rings. The van der Waals surface area contributed by atoms with E-state index < -0.39 is 5.97 Å². The molecule has 0 bridgehead atoms. The van der Waals surface area contributed by atoms with Crippen LogP contribution >= 0.6 is 0 Å². The molecule has 0 spiro atoms. The Morgan fingerprint density at radius 1 is 0.811 bits per heavy atom. The summed E-state index contributed by atoms with van der Waals surface area (Å²) in [6.45, 7) is 1.83. The summed E-state index contributed by atoms with van der Waals surface area (Å²) in [7, 11) is 7.59. The number of benzene rings is 2. The van der Waals surface area contributed by atoms with Crippen LogP contribution in [-0.2, 0) is 26.3 Å². The first-order chi connectivity index (χ1) is 17.8. The number of rotatable bonds is 11. The predicted molar refractivity (Wildman–Crippen MR) is 136 cm³/mol. The van der Waals surface area contributed by atoms with Gasteiger partial charge in [-0.25, -0.2) is 4.79 Å². The molecule has 0 unspecified atom stereocenters. The number of hydrogen-bond acceptors (Lipinski definition) is 9. The quantitative estimate of drug-likeness (QED) is 0.314. The van der Waals surface area contributed by atoms with Gasteiger partial charge in [-0.15, -0.1) is 0 Å². The van der Waals surface area contributed by atoms with Crippen molar-refractivity contribution >= 4 is 5.97 Å². The third-order valence-corrected chi connectivity index (χ3v) is 4.86. The Hall–Kier alpha value is -4.15. The molecule has 2 heterocycles. The van der Waals surface area contributed by atoms with Gasteiger partial charge in [-0.2, -0.15) is 0 Å². The maximum absolute atomic E-state index is 11.3. The number of carboxylic acid groups (broad SMARTS) is 1. The van der Waals surface area contributed by atoms with Crippen LogP contribution in [0.25, 0.3) is 0 Å². The van der Waals surface area contributed by atoms with Crippen LogP contribution in [0.5, 0.6) is 11.8 Å². The SMILES string of the molecule is CN(C)Cc1cc(OCc2ccccc2)no1.CN(C)Cc1onc(OCc2ccccc2)c1C(=O)O. The van der Waals surface area contributed by atoms with Crippen molar-refractivity contribution in [1.29, 1.82) is 0 Å². The van der Waals surface area contributed by atoms with Crippen molar-refractivity contribution in [2.45, 2.75) is 26.3 Å². The van der Waals surface area contributed by atoms with Gasteiger partial charge in [0.05, 0.1) is 13.1 Å². The van der Waals surface area contributed by atoms with Gasteiger partial charge in [0.1, 0.15) is 13.2 Å². The van der Waals surface area contributed by atoms with Crippen LogP contribution in [0, 0.1) is 0 Å². The van der Waals surface area contributed by atoms with Gasteiger partial charge in [0.25, 0.3) is 11.8 Å². The molecular weight excluding hydrogens is 476 g/mol. The number of ether oxygens (including phenoxy) is 2. The van der Waals surface area contributed by atoms with Crippen molar-refractivity contribution in [3.8, 4) is 11.8 Å². The molecule has 4 rings (SSSR count). The molecule has 196 valence electrons. The standard InChI is InChI=1S/C14H16N2O4.C13H16N2O2/c1-16(2)8-11-12(14(17)18)13(15-20-11)19-9-10-6-4-3-5-7-10;1-15(2)9-12-8-13(14-17-12)16-10-11-6-4-3-5-7-11/h3-7H,8-9H2,1-2H3,(H,17,18);3-8H,9-10H2,1-2H3. The lowest BCUT2D eigenvalue weighted by atomic mass is 10.2. The molecule has 2 aromatic heterocycles. The second-order valence-corrected chi connectivity index (χ2v) is 8.75. The summed E-state index contributed by atoms with van der Waals surface area (Å²) in [4.78, 5) is 15.1. The zero-order valence-electron chi connectivity index (χ0n) is 21.5. The lowest BCUT2D eigenvalue weighted by Crippen LogP contribution is -2.13. The fraction of sp³-hybridized carbons (Fsp3) is 0.296. The predicted octanol–water partition coefficient (Wildman–Crippen LogP) is 4.33. The fourth-order valence-corrected chi connectivity index (χ4v) is 3.22. The molecule has 10 nitrogen and oxygen atoms in total. The maximum atomic E-state index is 11.3. The first-order valence-corrected chi connectivity index (χ1v) is 11.6. The molecule has 0 fully saturated rings. The van der Waals surface area contributed by atoms with Gasteiger partial charge in [-0.3, -0.25) is 0 Å². The smallest absolute Gasteiger partial charge is 0.345 e. The lowest BCUT2D eigenvalue weighted by molar-refractivity contribution is 0.0688. The first-order valence-electron chi connectivity index (χ1n) is 11.6. The van der Waals surface area contributed by atoms with E-state index in [1.165, 1.54) is 0 Å². The Morgan fingerprint density at radius 3 is 1.92 bits per heavy atom. The van der Waals surface area contributed by atoms with Crippen LogP contribution in [0.2, 0.25) is 0 Å². The molecule has 0 radical (unpaired) electrons. The van der Waals surface area contributed by atoms with E-state index in [1.807, 2.05) is 99.8 Å². The molecule has 1 N–H and O–H groups in total. The van der Waals surface area contributed by atoms with E-state index in [0.29, 0.717) is 19.0 Å². The highest BCUT2D eigenvalue weighted by atomic mass is 16.5. The molecule has 0 atom stereocenters.